The van der Waals surface area contributed by atoms with Crippen molar-refractivity contribution in [2.24, 2.45) is 0 Å². The van der Waals surface area contributed by atoms with Crippen LogP contribution in [0.2, 0.25) is 0 Å². The number of aromatic nitrogens is 2. The summed E-state index contributed by atoms with van der Waals surface area (Å²) in [5, 5.41) is 0. The Bertz CT molecular complexity index is 1050. The first kappa shape index (κ1) is 27.7. The van der Waals surface area contributed by atoms with Crippen molar-refractivity contribution in [3.8, 4) is 0 Å². The largest absolute Gasteiger partial charge is 0.443 e. The zero-order valence-electron chi connectivity index (χ0n) is 20.4. The molecule has 0 N–H and O–H groups in total. The Morgan fingerprint density at radius 3 is 2.28 bits per heavy atom. The topological polar surface area (TPSA) is 78.9 Å². The molecular weight excluding hydrogens is 543 g/mol. The number of amides is 2. The number of carbonyl (C=O) groups excluding carboxylic acids is 2. The van der Waals surface area contributed by atoms with Crippen molar-refractivity contribution in [3.05, 3.63) is 46.7 Å². The molecule has 2 heterocycles. The van der Waals surface area contributed by atoms with Gasteiger partial charge < -0.3 is 14.5 Å². The van der Waals surface area contributed by atoms with E-state index in [0.29, 0.717) is 44.8 Å². The van der Waals surface area contributed by atoms with Gasteiger partial charge in [-0.1, -0.05) is 22.0 Å². The SMILES string of the molecule is CC(C)(C)OC(=O)N(CCCC(=O)N1CCN(c2ncc(C(F)(F)F)cn2)CC1)c1cccc(Br)c1. The summed E-state index contributed by atoms with van der Waals surface area (Å²) < 4.78 is 44.5. The maximum absolute atomic E-state index is 12.8. The van der Waals surface area contributed by atoms with Crippen molar-refractivity contribution in [2.45, 2.75) is 45.4 Å². The summed E-state index contributed by atoms with van der Waals surface area (Å²) in [5.74, 6) is 0.151. The van der Waals surface area contributed by atoms with Gasteiger partial charge >= 0.3 is 12.3 Å². The van der Waals surface area contributed by atoms with E-state index < -0.39 is 23.4 Å². The number of hydrogen-bond donors (Lipinski definition) is 0. The maximum Gasteiger partial charge on any atom is 0.419 e. The zero-order valence-corrected chi connectivity index (χ0v) is 22.0. The fourth-order valence-electron chi connectivity index (χ4n) is 3.62. The van der Waals surface area contributed by atoms with Crippen LogP contribution >= 0.6 is 15.9 Å². The maximum atomic E-state index is 12.8. The van der Waals surface area contributed by atoms with Gasteiger partial charge in [-0.15, -0.1) is 0 Å². The summed E-state index contributed by atoms with van der Waals surface area (Å²) >= 11 is 3.42. The van der Waals surface area contributed by atoms with Crippen molar-refractivity contribution in [2.75, 3.05) is 42.5 Å². The minimum atomic E-state index is -4.49. The van der Waals surface area contributed by atoms with E-state index in [1.54, 1.807) is 36.6 Å². The van der Waals surface area contributed by atoms with Crippen molar-refractivity contribution in [3.63, 3.8) is 0 Å². The standard InChI is InChI=1S/C24H29BrF3N5O3/c1-23(2,3)36-22(35)33(19-7-4-6-18(25)14-19)9-5-8-20(34)31-10-12-32(13-11-31)21-29-15-17(16-30-21)24(26,27)28/h4,6-7,14-16H,5,8-13H2,1-3H3. The highest BCUT2D eigenvalue weighted by Gasteiger charge is 2.32. The molecule has 2 aromatic rings. The molecule has 8 nitrogen and oxygen atoms in total. The number of benzene rings is 1. The number of anilines is 2. The summed E-state index contributed by atoms with van der Waals surface area (Å²) in [6, 6.07) is 7.30. The number of hydrogen-bond acceptors (Lipinski definition) is 6. The first-order valence-electron chi connectivity index (χ1n) is 11.5. The van der Waals surface area contributed by atoms with Gasteiger partial charge in [0.25, 0.3) is 0 Å². The van der Waals surface area contributed by atoms with E-state index in [9.17, 15) is 22.8 Å². The van der Waals surface area contributed by atoms with E-state index in [0.717, 1.165) is 16.9 Å². The molecule has 0 radical (unpaired) electrons. The van der Waals surface area contributed by atoms with Crippen LogP contribution < -0.4 is 9.80 Å². The lowest BCUT2D eigenvalue weighted by atomic mass is 10.2. The van der Waals surface area contributed by atoms with E-state index in [1.165, 1.54) is 4.90 Å². The molecule has 1 saturated heterocycles. The summed E-state index contributed by atoms with van der Waals surface area (Å²) in [4.78, 5) is 38.2. The number of halogens is 4. The average molecular weight is 572 g/mol. The monoisotopic (exact) mass is 571 g/mol. The molecule has 3 rings (SSSR count). The van der Waals surface area contributed by atoms with Crippen LogP contribution in [-0.4, -0.2) is 65.2 Å². The van der Waals surface area contributed by atoms with E-state index in [2.05, 4.69) is 25.9 Å². The van der Waals surface area contributed by atoms with Crippen LogP contribution in [0.4, 0.5) is 29.6 Å². The Hall–Kier alpha value is -2.89. The molecular formula is C24H29BrF3N5O3. The molecule has 196 valence electrons. The Balaban J connectivity index is 1.53. The molecule has 0 aliphatic carbocycles. The summed E-state index contributed by atoms with van der Waals surface area (Å²) in [6.45, 7) is 7.33. The zero-order chi connectivity index (χ0) is 26.5. The number of rotatable bonds is 6. The van der Waals surface area contributed by atoms with Gasteiger partial charge in [-0.05, 0) is 45.4 Å². The molecule has 1 aromatic carbocycles. The summed E-state index contributed by atoms with van der Waals surface area (Å²) in [5.41, 5.74) is -0.896. The molecule has 1 fully saturated rings. The fraction of sp³-hybridized carbons (Fsp3) is 0.500. The molecule has 12 heteroatoms. The number of ether oxygens (including phenoxy) is 1. The van der Waals surface area contributed by atoms with Gasteiger partial charge in [0.2, 0.25) is 11.9 Å². The lowest BCUT2D eigenvalue weighted by Gasteiger charge is -2.35. The summed E-state index contributed by atoms with van der Waals surface area (Å²) in [7, 11) is 0. The molecule has 0 atom stereocenters. The van der Waals surface area contributed by atoms with Gasteiger partial charge in [0.15, 0.2) is 0 Å². The Labute approximate surface area is 216 Å². The van der Waals surface area contributed by atoms with Gasteiger partial charge in [0, 0.05) is 61.7 Å². The molecule has 1 aliphatic heterocycles. The van der Waals surface area contributed by atoms with Crippen molar-refractivity contribution in [1.82, 2.24) is 14.9 Å². The third-order valence-corrected chi connectivity index (χ3v) is 5.88. The smallest absolute Gasteiger partial charge is 0.419 e. The second-order valence-electron chi connectivity index (χ2n) is 9.35. The number of alkyl halides is 3. The fourth-order valence-corrected chi connectivity index (χ4v) is 4.01. The third kappa shape index (κ3) is 7.81. The number of piperazine rings is 1. The Morgan fingerprint density at radius 1 is 1.08 bits per heavy atom. The van der Waals surface area contributed by atoms with Gasteiger partial charge in [-0.2, -0.15) is 13.2 Å². The Morgan fingerprint density at radius 2 is 1.72 bits per heavy atom. The van der Waals surface area contributed by atoms with Crippen LogP contribution in [0.5, 0.6) is 0 Å². The molecule has 0 spiro atoms. The van der Waals surface area contributed by atoms with E-state index in [1.807, 2.05) is 18.2 Å². The molecule has 1 aromatic heterocycles. The van der Waals surface area contributed by atoms with E-state index >= 15 is 0 Å². The van der Waals surface area contributed by atoms with Gasteiger partial charge in [0.05, 0.1) is 5.56 Å². The van der Waals surface area contributed by atoms with Crippen molar-refractivity contribution < 1.29 is 27.5 Å². The highest BCUT2D eigenvalue weighted by Crippen LogP contribution is 2.28. The minimum Gasteiger partial charge on any atom is -0.443 e. The summed E-state index contributed by atoms with van der Waals surface area (Å²) in [6.07, 6.45) is -2.77. The molecule has 0 bridgehead atoms. The molecule has 36 heavy (non-hydrogen) atoms. The second-order valence-corrected chi connectivity index (χ2v) is 10.3. The molecule has 0 unspecified atom stereocenters. The lowest BCUT2D eigenvalue weighted by Crippen LogP contribution is -2.49. The minimum absolute atomic E-state index is 0.0543. The number of nitrogens with zero attached hydrogens (tertiary/aromatic N) is 5. The number of carbonyl (C=O) groups is 2. The van der Waals surface area contributed by atoms with Crippen LogP contribution in [0.15, 0.2) is 41.1 Å². The quantitative estimate of drug-likeness (QED) is 0.478. The van der Waals surface area contributed by atoms with Crippen LogP contribution in [0.1, 0.15) is 39.2 Å². The van der Waals surface area contributed by atoms with Crippen molar-refractivity contribution >= 4 is 39.6 Å². The van der Waals surface area contributed by atoms with Gasteiger partial charge in [0.1, 0.15) is 5.60 Å². The van der Waals surface area contributed by atoms with E-state index in [-0.39, 0.29) is 18.3 Å². The van der Waals surface area contributed by atoms with Crippen LogP contribution in [0.25, 0.3) is 0 Å². The van der Waals surface area contributed by atoms with Gasteiger partial charge in [-0.25, -0.2) is 14.8 Å². The Kier molecular flexibility index (Phi) is 8.80. The van der Waals surface area contributed by atoms with E-state index in [4.69, 9.17) is 4.74 Å². The third-order valence-electron chi connectivity index (χ3n) is 5.39. The highest BCUT2D eigenvalue weighted by molar-refractivity contribution is 9.10. The first-order valence-corrected chi connectivity index (χ1v) is 12.3. The van der Waals surface area contributed by atoms with Crippen LogP contribution in [0.3, 0.4) is 0 Å². The van der Waals surface area contributed by atoms with Gasteiger partial charge in [-0.3, -0.25) is 9.69 Å². The predicted octanol–water partition coefficient (Wildman–Crippen LogP) is 5.13. The first-order chi connectivity index (χ1) is 16.8. The second kappa shape index (κ2) is 11.4. The molecule has 1 aliphatic rings. The highest BCUT2D eigenvalue weighted by atomic mass is 79.9. The van der Waals surface area contributed by atoms with Crippen LogP contribution in [0, 0.1) is 0 Å². The molecule has 2 amide bonds. The normalized spacial score (nSPS) is 14.5. The van der Waals surface area contributed by atoms with Crippen LogP contribution in [-0.2, 0) is 15.7 Å². The van der Waals surface area contributed by atoms with Crippen molar-refractivity contribution in [1.29, 1.82) is 0 Å². The lowest BCUT2D eigenvalue weighted by molar-refractivity contribution is -0.138. The molecule has 0 saturated carbocycles. The average Bonchev–Trinajstić information content (AvgIpc) is 2.80. The predicted molar refractivity (Wildman–Crippen MR) is 133 cm³/mol.